The molecule has 0 spiro atoms. The topological polar surface area (TPSA) is 61.2 Å². The molecule has 4 nitrogen and oxygen atoms in total. The van der Waals surface area contributed by atoms with E-state index < -0.39 is 15.8 Å². The van der Waals surface area contributed by atoms with Crippen molar-refractivity contribution in [2.75, 3.05) is 12.8 Å². The number of sulfonamides is 1. The summed E-state index contributed by atoms with van der Waals surface area (Å²) in [6, 6.07) is 8.58. The minimum absolute atomic E-state index is 0.213. The SMILES string of the molecule is CN(Cc1cccc(Cl)c1)S(=O)(=O)CC#N. The number of benzene rings is 1. The Hall–Kier alpha value is -1.09. The Balaban J connectivity index is 2.80. The maximum absolute atomic E-state index is 11.5. The summed E-state index contributed by atoms with van der Waals surface area (Å²) in [4.78, 5) is 0. The van der Waals surface area contributed by atoms with Crippen LogP contribution in [0.1, 0.15) is 5.56 Å². The van der Waals surface area contributed by atoms with Crippen LogP contribution in [-0.4, -0.2) is 25.5 Å². The fourth-order valence-corrected chi connectivity index (χ4v) is 2.12. The molecule has 86 valence electrons. The maximum Gasteiger partial charge on any atom is 0.227 e. The van der Waals surface area contributed by atoms with E-state index in [0.717, 1.165) is 9.87 Å². The van der Waals surface area contributed by atoms with Crippen molar-refractivity contribution in [3.05, 3.63) is 34.9 Å². The normalized spacial score (nSPS) is 11.4. The van der Waals surface area contributed by atoms with E-state index in [9.17, 15) is 8.42 Å². The van der Waals surface area contributed by atoms with Gasteiger partial charge in [-0.25, -0.2) is 8.42 Å². The number of nitrogens with zero attached hydrogens (tertiary/aromatic N) is 2. The molecule has 0 N–H and O–H groups in total. The van der Waals surface area contributed by atoms with E-state index in [1.165, 1.54) is 7.05 Å². The molecule has 0 saturated heterocycles. The average molecular weight is 259 g/mol. The van der Waals surface area contributed by atoms with Crippen molar-refractivity contribution in [2.24, 2.45) is 0 Å². The van der Waals surface area contributed by atoms with Crippen molar-refractivity contribution >= 4 is 21.6 Å². The van der Waals surface area contributed by atoms with Gasteiger partial charge < -0.3 is 0 Å². The van der Waals surface area contributed by atoms with Crippen LogP contribution in [0.15, 0.2) is 24.3 Å². The third-order valence-corrected chi connectivity index (χ3v) is 3.82. The van der Waals surface area contributed by atoms with E-state index in [1.807, 2.05) is 0 Å². The second kappa shape index (κ2) is 5.30. The van der Waals surface area contributed by atoms with Gasteiger partial charge in [0.15, 0.2) is 5.75 Å². The van der Waals surface area contributed by atoms with Crippen LogP contribution in [0.4, 0.5) is 0 Å². The van der Waals surface area contributed by atoms with Crippen LogP contribution in [0.3, 0.4) is 0 Å². The molecule has 0 bridgehead atoms. The molecular formula is C10H11ClN2O2S. The summed E-state index contributed by atoms with van der Waals surface area (Å²) in [7, 11) is -2.05. The first-order chi connectivity index (χ1) is 7.45. The van der Waals surface area contributed by atoms with Gasteiger partial charge in [0.1, 0.15) is 0 Å². The molecule has 0 atom stereocenters. The van der Waals surface area contributed by atoms with E-state index in [1.54, 1.807) is 30.3 Å². The molecule has 1 rings (SSSR count). The summed E-state index contributed by atoms with van der Waals surface area (Å²) in [5.74, 6) is -0.510. The molecule has 0 aromatic heterocycles. The first-order valence-electron chi connectivity index (χ1n) is 4.51. The predicted molar refractivity (Wildman–Crippen MR) is 62.3 cm³/mol. The van der Waals surface area contributed by atoms with Gasteiger partial charge in [-0.1, -0.05) is 23.7 Å². The molecule has 0 aliphatic carbocycles. The van der Waals surface area contributed by atoms with E-state index in [-0.39, 0.29) is 6.54 Å². The molecule has 0 unspecified atom stereocenters. The summed E-state index contributed by atoms with van der Waals surface area (Å²) in [5, 5.41) is 8.94. The standard InChI is InChI=1S/C10H11ClN2O2S/c1-13(16(14,15)6-5-12)8-9-3-2-4-10(11)7-9/h2-4,7H,6,8H2,1H3. The fourth-order valence-electron chi connectivity index (χ4n) is 1.18. The lowest BCUT2D eigenvalue weighted by atomic mass is 10.2. The van der Waals surface area contributed by atoms with E-state index >= 15 is 0 Å². The number of nitriles is 1. The zero-order valence-electron chi connectivity index (χ0n) is 8.72. The number of rotatable bonds is 4. The van der Waals surface area contributed by atoms with E-state index in [4.69, 9.17) is 16.9 Å². The fraction of sp³-hybridized carbons (Fsp3) is 0.300. The summed E-state index contributed by atoms with van der Waals surface area (Å²) < 4.78 is 24.1. The lowest BCUT2D eigenvalue weighted by molar-refractivity contribution is 0.469. The second-order valence-corrected chi connectivity index (χ2v) is 5.81. The van der Waals surface area contributed by atoms with Gasteiger partial charge >= 0.3 is 0 Å². The third-order valence-electron chi connectivity index (χ3n) is 2.02. The summed E-state index contributed by atoms with van der Waals surface area (Å²) in [6.07, 6.45) is 0. The Labute approximate surface area is 100 Å². The molecule has 16 heavy (non-hydrogen) atoms. The van der Waals surface area contributed by atoms with Crippen molar-refractivity contribution in [3.63, 3.8) is 0 Å². The van der Waals surface area contributed by atoms with Gasteiger partial charge in [-0.15, -0.1) is 0 Å². The highest BCUT2D eigenvalue weighted by Crippen LogP contribution is 2.13. The molecule has 1 aromatic rings. The Bertz CT molecular complexity index is 508. The highest BCUT2D eigenvalue weighted by molar-refractivity contribution is 7.89. The quantitative estimate of drug-likeness (QED) is 0.825. The van der Waals surface area contributed by atoms with Crippen LogP contribution in [0.25, 0.3) is 0 Å². The molecule has 0 amide bonds. The van der Waals surface area contributed by atoms with Crippen molar-refractivity contribution in [3.8, 4) is 6.07 Å². The van der Waals surface area contributed by atoms with Crippen LogP contribution in [0.2, 0.25) is 5.02 Å². The smallest absolute Gasteiger partial charge is 0.211 e. The van der Waals surface area contributed by atoms with Gasteiger partial charge in [0.05, 0.1) is 6.07 Å². The van der Waals surface area contributed by atoms with Crippen molar-refractivity contribution in [1.82, 2.24) is 4.31 Å². The number of hydrogen-bond donors (Lipinski definition) is 0. The molecule has 0 radical (unpaired) electrons. The minimum Gasteiger partial charge on any atom is -0.211 e. The molecule has 0 aliphatic heterocycles. The van der Waals surface area contributed by atoms with Crippen LogP contribution >= 0.6 is 11.6 Å². The van der Waals surface area contributed by atoms with E-state index in [2.05, 4.69) is 0 Å². The Morgan fingerprint density at radius 1 is 1.50 bits per heavy atom. The Morgan fingerprint density at radius 2 is 2.19 bits per heavy atom. The Morgan fingerprint density at radius 3 is 2.75 bits per heavy atom. The van der Waals surface area contributed by atoms with Gasteiger partial charge in [-0.3, -0.25) is 0 Å². The zero-order valence-corrected chi connectivity index (χ0v) is 10.3. The van der Waals surface area contributed by atoms with Gasteiger partial charge in [0.2, 0.25) is 10.0 Å². The lowest BCUT2D eigenvalue weighted by Gasteiger charge is -2.15. The molecule has 6 heteroatoms. The minimum atomic E-state index is -3.49. The van der Waals surface area contributed by atoms with E-state index in [0.29, 0.717) is 5.02 Å². The number of halogens is 1. The van der Waals surface area contributed by atoms with Crippen LogP contribution in [-0.2, 0) is 16.6 Å². The monoisotopic (exact) mass is 258 g/mol. The third kappa shape index (κ3) is 3.49. The molecular weight excluding hydrogens is 248 g/mol. The van der Waals surface area contributed by atoms with Gasteiger partial charge in [0.25, 0.3) is 0 Å². The summed E-state index contributed by atoms with van der Waals surface area (Å²) >= 11 is 5.78. The molecule has 0 heterocycles. The van der Waals surface area contributed by atoms with Crippen LogP contribution < -0.4 is 0 Å². The maximum atomic E-state index is 11.5. The first kappa shape index (κ1) is 13.0. The van der Waals surface area contributed by atoms with Crippen molar-refractivity contribution in [1.29, 1.82) is 5.26 Å². The highest BCUT2D eigenvalue weighted by Gasteiger charge is 2.17. The van der Waals surface area contributed by atoms with Crippen LogP contribution in [0, 0.1) is 11.3 Å². The highest BCUT2D eigenvalue weighted by atomic mass is 35.5. The molecule has 0 saturated carbocycles. The number of hydrogen-bond acceptors (Lipinski definition) is 3. The van der Waals surface area contributed by atoms with Gasteiger partial charge in [-0.2, -0.15) is 9.57 Å². The summed E-state index contributed by atoms with van der Waals surface area (Å²) in [6.45, 7) is 0.213. The predicted octanol–water partition coefficient (Wildman–Crippen LogP) is 1.63. The molecule has 0 aliphatic rings. The molecule has 0 fully saturated rings. The van der Waals surface area contributed by atoms with Crippen molar-refractivity contribution in [2.45, 2.75) is 6.54 Å². The van der Waals surface area contributed by atoms with Gasteiger partial charge in [-0.05, 0) is 17.7 Å². The zero-order chi connectivity index (χ0) is 12.2. The lowest BCUT2D eigenvalue weighted by Crippen LogP contribution is -2.28. The average Bonchev–Trinajstić information content (AvgIpc) is 2.17. The second-order valence-electron chi connectivity index (χ2n) is 3.30. The summed E-state index contributed by atoms with van der Waals surface area (Å²) in [5.41, 5.74) is 0.788. The van der Waals surface area contributed by atoms with Gasteiger partial charge in [0, 0.05) is 18.6 Å². The Kier molecular flexibility index (Phi) is 4.30. The van der Waals surface area contributed by atoms with Crippen molar-refractivity contribution < 1.29 is 8.42 Å². The van der Waals surface area contributed by atoms with Crippen LogP contribution in [0.5, 0.6) is 0 Å². The first-order valence-corrected chi connectivity index (χ1v) is 6.50. The largest absolute Gasteiger partial charge is 0.227 e. The molecule has 1 aromatic carbocycles.